The summed E-state index contributed by atoms with van der Waals surface area (Å²) in [6.07, 6.45) is 1.74. The highest BCUT2D eigenvalue weighted by atomic mass is 16.5. The van der Waals surface area contributed by atoms with Crippen LogP contribution >= 0.6 is 0 Å². The van der Waals surface area contributed by atoms with Crippen LogP contribution in [-0.2, 0) is 13.1 Å². The predicted octanol–water partition coefficient (Wildman–Crippen LogP) is 2.61. The van der Waals surface area contributed by atoms with Crippen LogP contribution in [0.4, 0.5) is 0 Å². The molecule has 0 bridgehead atoms. The maximum atomic E-state index is 5.47. The Morgan fingerprint density at radius 3 is 2.30 bits per heavy atom. The van der Waals surface area contributed by atoms with Crippen LogP contribution < -0.4 is 9.47 Å². The molecule has 23 heavy (non-hydrogen) atoms. The van der Waals surface area contributed by atoms with Crippen molar-refractivity contribution in [3.63, 3.8) is 0 Å². The van der Waals surface area contributed by atoms with Gasteiger partial charge in [-0.15, -0.1) is 0 Å². The van der Waals surface area contributed by atoms with E-state index in [-0.39, 0.29) is 0 Å². The fraction of sp³-hybridized carbons (Fsp3) is 0.444. The molecule has 0 unspecified atom stereocenters. The van der Waals surface area contributed by atoms with Gasteiger partial charge in [-0.05, 0) is 30.3 Å². The second-order valence-electron chi connectivity index (χ2n) is 5.81. The maximum Gasteiger partial charge on any atom is 0.123 e. The zero-order valence-corrected chi connectivity index (χ0v) is 13.8. The van der Waals surface area contributed by atoms with Crippen molar-refractivity contribution in [3.8, 4) is 11.5 Å². The molecule has 124 valence electrons. The van der Waals surface area contributed by atoms with E-state index >= 15 is 0 Å². The summed E-state index contributed by atoms with van der Waals surface area (Å²) in [6, 6.07) is 9.95. The number of furan rings is 1. The molecule has 0 spiro atoms. The first-order chi connectivity index (χ1) is 11.3. The molecule has 1 aliphatic rings. The minimum absolute atomic E-state index is 0.872. The maximum absolute atomic E-state index is 5.47. The lowest BCUT2D eigenvalue weighted by molar-refractivity contribution is 0.115. The number of methoxy groups -OCH3 is 2. The van der Waals surface area contributed by atoms with Crippen molar-refractivity contribution in [2.45, 2.75) is 13.1 Å². The van der Waals surface area contributed by atoms with E-state index in [1.165, 1.54) is 5.56 Å². The van der Waals surface area contributed by atoms with Crippen molar-refractivity contribution in [2.75, 3.05) is 40.4 Å². The van der Waals surface area contributed by atoms with E-state index in [2.05, 4.69) is 15.9 Å². The van der Waals surface area contributed by atoms with Gasteiger partial charge in [-0.25, -0.2) is 0 Å². The van der Waals surface area contributed by atoms with Gasteiger partial charge < -0.3 is 13.9 Å². The van der Waals surface area contributed by atoms with Crippen LogP contribution in [0.3, 0.4) is 0 Å². The predicted molar refractivity (Wildman–Crippen MR) is 88.8 cm³/mol. The van der Waals surface area contributed by atoms with Gasteiger partial charge in [0.05, 0.1) is 27.0 Å². The summed E-state index contributed by atoms with van der Waals surface area (Å²) in [5, 5.41) is 0. The summed E-state index contributed by atoms with van der Waals surface area (Å²) in [6.45, 7) is 5.96. The molecule has 2 aromatic rings. The number of rotatable bonds is 6. The molecular weight excluding hydrogens is 292 g/mol. The zero-order chi connectivity index (χ0) is 16.1. The fourth-order valence-electron chi connectivity index (χ4n) is 2.97. The van der Waals surface area contributed by atoms with Crippen molar-refractivity contribution in [1.29, 1.82) is 0 Å². The summed E-state index contributed by atoms with van der Waals surface area (Å²) in [7, 11) is 3.41. The Morgan fingerprint density at radius 2 is 1.70 bits per heavy atom. The Balaban J connectivity index is 1.56. The first-order valence-electron chi connectivity index (χ1n) is 7.96. The molecule has 5 heteroatoms. The number of nitrogens with zero attached hydrogens (tertiary/aromatic N) is 2. The Morgan fingerprint density at radius 1 is 0.957 bits per heavy atom. The lowest BCUT2D eigenvalue weighted by Gasteiger charge is -2.34. The average molecular weight is 316 g/mol. The van der Waals surface area contributed by atoms with Gasteiger partial charge in [0.1, 0.15) is 17.3 Å². The van der Waals surface area contributed by atoms with Crippen LogP contribution in [0.15, 0.2) is 41.0 Å². The van der Waals surface area contributed by atoms with Crippen LogP contribution in [0, 0.1) is 0 Å². The standard InChI is InChI=1S/C18H24N2O3/c1-21-16-5-6-18(22-2)15(12-16)13-19-7-9-20(10-8-19)14-17-4-3-11-23-17/h3-6,11-12H,7-10,13-14H2,1-2H3. The summed E-state index contributed by atoms with van der Waals surface area (Å²) in [5.41, 5.74) is 1.17. The van der Waals surface area contributed by atoms with E-state index in [0.29, 0.717) is 0 Å². The molecule has 0 saturated carbocycles. The van der Waals surface area contributed by atoms with E-state index in [4.69, 9.17) is 13.9 Å². The molecule has 0 N–H and O–H groups in total. The number of hydrogen-bond donors (Lipinski definition) is 0. The molecule has 1 aromatic heterocycles. The number of hydrogen-bond acceptors (Lipinski definition) is 5. The molecule has 0 amide bonds. The van der Waals surface area contributed by atoms with Gasteiger partial charge in [0, 0.05) is 38.3 Å². The summed E-state index contributed by atoms with van der Waals surface area (Å²) >= 11 is 0. The molecule has 1 aromatic carbocycles. The molecule has 3 rings (SSSR count). The van der Waals surface area contributed by atoms with Gasteiger partial charge in [0.15, 0.2) is 0 Å². The van der Waals surface area contributed by atoms with Crippen LogP contribution in [-0.4, -0.2) is 50.2 Å². The summed E-state index contributed by atoms with van der Waals surface area (Å²) in [4.78, 5) is 4.88. The van der Waals surface area contributed by atoms with Gasteiger partial charge >= 0.3 is 0 Å². The van der Waals surface area contributed by atoms with Gasteiger partial charge in [-0.1, -0.05) is 0 Å². The average Bonchev–Trinajstić information content (AvgIpc) is 3.09. The second-order valence-corrected chi connectivity index (χ2v) is 5.81. The van der Waals surface area contributed by atoms with Gasteiger partial charge in [-0.2, -0.15) is 0 Å². The smallest absolute Gasteiger partial charge is 0.123 e. The van der Waals surface area contributed by atoms with E-state index in [1.54, 1.807) is 20.5 Å². The molecule has 1 saturated heterocycles. The highest BCUT2D eigenvalue weighted by Crippen LogP contribution is 2.25. The summed E-state index contributed by atoms with van der Waals surface area (Å²) in [5.74, 6) is 2.83. The first kappa shape index (κ1) is 15.9. The van der Waals surface area contributed by atoms with E-state index < -0.39 is 0 Å². The SMILES string of the molecule is COc1ccc(OC)c(CN2CCN(Cc3ccco3)CC2)c1. The highest BCUT2D eigenvalue weighted by Gasteiger charge is 2.19. The fourth-order valence-corrected chi connectivity index (χ4v) is 2.97. The quantitative estimate of drug-likeness (QED) is 0.819. The molecule has 1 aliphatic heterocycles. The number of benzene rings is 1. The number of piperazine rings is 1. The Hall–Kier alpha value is -1.98. The molecule has 2 heterocycles. The Labute approximate surface area is 137 Å². The molecule has 0 atom stereocenters. The monoisotopic (exact) mass is 316 g/mol. The third kappa shape index (κ3) is 4.06. The zero-order valence-electron chi connectivity index (χ0n) is 13.8. The van der Waals surface area contributed by atoms with Gasteiger partial charge in [-0.3, -0.25) is 9.80 Å². The number of ether oxygens (including phenoxy) is 2. The molecule has 0 aliphatic carbocycles. The minimum atomic E-state index is 0.872. The van der Waals surface area contributed by atoms with Gasteiger partial charge in [0.25, 0.3) is 0 Å². The van der Waals surface area contributed by atoms with Crippen LogP contribution in [0.2, 0.25) is 0 Å². The topological polar surface area (TPSA) is 38.1 Å². The molecule has 5 nitrogen and oxygen atoms in total. The van der Waals surface area contributed by atoms with Crippen molar-refractivity contribution in [3.05, 3.63) is 47.9 Å². The molecule has 1 fully saturated rings. The van der Waals surface area contributed by atoms with Crippen molar-refractivity contribution in [2.24, 2.45) is 0 Å². The van der Waals surface area contributed by atoms with E-state index in [0.717, 1.165) is 56.5 Å². The van der Waals surface area contributed by atoms with Crippen LogP contribution in [0.25, 0.3) is 0 Å². The second kappa shape index (κ2) is 7.53. The third-order valence-electron chi connectivity index (χ3n) is 4.31. The molecular formula is C18H24N2O3. The normalized spacial score (nSPS) is 16.4. The largest absolute Gasteiger partial charge is 0.497 e. The van der Waals surface area contributed by atoms with Crippen molar-refractivity contribution >= 4 is 0 Å². The lowest BCUT2D eigenvalue weighted by atomic mass is 10.1. The minimum Gasteiger partial charge on any atom is -0.497 e. The van der Waals surface area contributed by atoms with Crippen molar-refractivity contribution in [1.82, 2.24) is 9.80 Å². The van der Waals surface area contributed by atoms with E-state index in [1.807, 2.05) is 24.3 Å². The first-order valence-corrected chi connectivity index (χ1v) is 7.96. The van der Waals surface area contributed by atoms with E-state index in [9.17, 15) is 0 Å². The molecule has 0 radical (unpaired) electrons. The van der Waals surface area contributed by atoms with Crippen LogP contribution in [0.1, 0.15) is 11.3 Å². The Bertz CT molecular complexity index is 605. The van der Waals surface area contributed by atoms with Crippen molar-refractivity contribution < 1.29 is 13.9 Å². The van der Waals surface area contributed by atoms with Gasteiger partial charge in [0.2, 0.25) is 0 Å². The third-order valence-corrected chi connectivity index (χ3v) is 4.31. The van der Waals surface area contributed by atoms with Crippen LogP contribution in [0.5, 0.6) is 11.5 Å². The summed E-state index contributed by atoms with van der Waals surface area (Å²) < 4.78 is 16.2. The Kier molecular flexibility index (Phi) is 5.20. The lowest BCUT2D eigenvalue weighted by Crippen LogP contribution is -2.45. The highest BCUT2D eigenvalue weighted by molar-refractivity contribution is 5.40.